The van der Waals surface area contributed by atoms with Gasteiger partial charge in [-0.1, -0.05) is 48.4 Å². The maximum atomic E-state index is 13.0. The number of Topliss-reactive ketones (excluding diaryl/α,β-unsaturated/α-hetero) is 1. The second-order valence-electron chi connectivity index (χ2n) is 6.46. The number of aryl methyl sites for hydroxylation is 2. The third-order valence-corrected chi connectivity index (χ3v) is 4.58. The third-order valence-electron chi connectivity index (χ3n) is 4.58. The second kappa shape index (κ2) is 8.37. The summed E-state index contributed by atoms with van der Waals surface area (Å²) in [6, 6.07) is 19.7. The maximum Gasteiger partial charge on any atom is 0.239 e. The molecule has 3 rings (SSSR count). The highest BCUT2D eigenvalue weighted by Gasteiger charge is 2.15. The first-order valence-electron chi connectivity index (χ1n) is 8.91. The fraction of sp³-hybridized carbons (Fsp3) is 0.120. The van der Waals surface area contributed by atoms with E-state index in [-0.39, 0.29) is 11.6 Å². The minimum Gasteiger partial charge on any atom is -0.496 e. The molecule has 0 fully saturated rings. The molecule has 138 valence electrons. The molecule has 0 spiro atoms. The topological polar surface area (TPSA) is 43.4 Å². The largest absolute Gasteiger partial charge is 0.496 e. The maximum absolute atomic E-state index is 13.0. The van der Waals surface area contributed by atoms with Crippen molar-refractivity contribution >= 4 is 11.6 Å². The van der Waals surface area contributed by atoms with E-state index >= 15 is 0 Å². The van der Waals surface area contributed by atoms with Gasteiger partial charge in [-0.3, -0.25) is 9.59 Å². The molecule has 28 heavy (non-hydrogen) atoms. The Morgan fingerprint density at radius 2 is 1.46 bits per heavy atom. The van der Waals surface area contributed by atoms with Crippen LogP contribution in [0.5, 0.6) is 5.75 Å². The first kappa shape index (κ1) is 19.1. The molecule has 3 heteroatoms. The zero-order chi connectivity index (χ0) is 20.1. The van der Waals surface area contributed by atoms with Crippen LogP contribution in [0.25, 0.3) is 0 Å². The van der Waals surface area contributed by atoms with Crippen molar-refractivity contribution in [3.63, 3.8) is 0 Å². The van der Waals surface area contributed by atoms with Crippen molar-refractivity contribution in [3.8, 4) is 17.6 Å². The van der Waals surface area contributed by atoms with Gasteiger partial charge in [-0.25, -0.2) is 0 Å². The Hall–Kier alpha value is -3.64. The Labute approximate surface area is 165 Å². The van der Waals surface area contributed by atoms with Gasteiger partial charge in [0.2, 0.25) is 5.78 Å². The molecule has 0 aromatic heterocycles. The number of methoxy groups -OCH3 is 1. The number of benzene rings is 3. The van der Waals surface area contributed by atoms with Gasteiger partial charge in [0.15, 0.2) is 5.78 Å². The van der Waals surface area contributed by atoms with Crippen LogP contribution in [0.1, 0.15) is 43.0 Å². The molecule has 0 saturated heterocycles. The third kappa shape index (κ3) is 4.02. The lowest BCUT2D eigenvalue weighted by molar-refractivity contribution is 0.103. The second-order valence-corrected chi connectivity index (χ2v) is 6.46. The first-order chi connectivity index (χ1) is 13.5. The van der Waals surface area contributed by atoms with E-state index in [9.17, 15) is 9.59 Å². The van der Waals surface area contributed by atoms with Gasteiger partial charge in [0, 0.05) is 16.7 Å². The van der Waals surface area contributed by atoms with Gasteiger partial charge in [0.25, 0.3) is 0 Å². The highest BCUT2D eigenvalue weighted by molar-refractivity contribution is 6.13. The molecule has 0 saturated carbocycles. The Bertz CT molecular complexity index is 1100. The van der Waals surface area contributed by atoms with Crippen molar-refractivity contribution < 1.29 is 14.3 Å². The van der Waals surface area contributed by atoms with Gasteiger partial charge in [-0.05, 0) is 55.2 Å². The monoisotopic (exact) mass is 368 g/mol. The highest BCUT2D eigenvalue weighted by atomic mass is 16.5. The van der Waals surface area contributed by atoms with Crippen molar-refractivity contribution in [1.29, 1.82) is 0 Å². The molecular formula is C25H20O3. The summed E-state index contributed by atoms with van der Waals surface area (Å²) in [5, 5.41) is 0. The number of para-hydroxylation sites is 1. The van der Waals surface area contributed by atoms with Gasteiger partial charge in [-0.15, -0.1) is 0 Å². The van der Waals surface area contributed by atoms with Crippen LogP contribution in [0.4, 0.5) is 0 Å². The van der Waals surface area contributed by atoms with Gasteiger partial charge in [-0.2, -0.15) is 0 Å². The Morgan fingerprint density at radius 3 is 2.18 bits per heavy atom. The number of ketones is 2. The van der Waals surface area contributed by atoms with Gasteiger partial charge < -0.3 is 4.74 Å². The summed E-state index contributed by atoms with van der Waals surface area (Å²) in [7, 11) is 1.51. The van der Waals surface area contributed by atoms with Crippen molar-refractivity contribution in [1.82, 2.24) is 0 Å². The number of ether oxygens (including phenoxy) is 1. The van der Waals surface area contributed by atoms with Crippen LogP contribution in [0.2, 0.25) is 0 Å². The van der Waals surface area contributed by atoms with E-state index in [4.69, 9.17) is 4.74 Å². The predicted molar refractivity (Wildman–Crippen MR) is 110 cm³/mol. The summed E-state index contributed by atoms with van der Waals surface area (Å²) in [5.74, 6) is 5.58. The van der Waals surface area contributed by atoms with E-state index in [1.165, 1.54) is 7.11 Å². The normalized spacial score (nSPS) is 9.96. The molecule has 0 heterocycles. The average molecular weight is 368 g/mol. The van der Waals surface area contributed by atoms with E-state index in [0.29, 0.717) is 28.0 Å². The molecule has 0 aliphatic carbocycles. The van der Waals surface area contributed by atoms with Gasteiger partial charge in [0.1, 0.15) is 5.75 Å². The van der Waals surface area contributed by atoms with Crippen LogP contribution in [0, 0.1) is 25.7 Å². The lowest BCUT2D eigenvalue weighted by Crippen LogP contribution is -2.06. The van der Waals surface area contributed by atoms with E-state index in [1.807, 2.05) is 44.2 Å². The number of hydrogen-bond acceptors (Lipinski definition) is 3. The van der Waals surface area contributed by atoms with Gasteiger partial charge in [0.05, 0.1) is 12.7 Å². The molecule has 0 amide bonds. The molecule has 0 atom stereocenters. The fourth-order valence-electron chi connectivity index (χ4n) is 2.88. The summed E-state index contributed by atoms with van der Waals surface area (Å²) in [6.45, 7) is 3.91. The standard InChI is InChI=1S/C25H20O3/c1-17-15-20(13-14-23(26)21-11-7-8-12-24(21)28-3)22(16-18(17)2)25(27)19-9-5-4-6-10-19/h4-12,15-16H,1-3H3. The number of hydrogen-bond donors (Lipinski definition) is 0. The van der Waals surface area contributed by atoms with E-state index < -0.39 is 0 Å². The highest BCUT2D eigenvalue weighted by Crippen LogP contribution is 2.20. The molecule has 0 aliphatic rings. The summed E-state index contributed by atoms with van der Waals surface area (Å²) in [5.41, 5.74) is 4.04. The lowest BCUT2D eigenvalue weighted by atomic mass is 9.94. The minimum atomic E-state index is -0.353. The minimum absolute atomic E-state index is 0.113. The molecular weight excluding hydrogens is 348 g/mol. The van der Waals surface area contributed by atoms with E-state index in [0.717, 1.165) is 11.1 Å². The molecule has 3 aromatic carbocycles. The van der Waals surface area contributed by atoms with Crippen molar-refractivity contribution in [2.45, 2.75) is 13.8 Å². The molecule has 3 aromatic rings. The smallest absolute Gasteiger partial charge is 0.239 e. The van der Waals surface area contributed by atoms with Crippen LogP contribution >= 0.6 is 0 Å². The average Bonchev–Trinajstić information content (AvgIpc) is 2.74. The molecule has 0 radical (unpaired) electrons. The molecule has 0 N–H and O–H groups in total. The summed E-state index contributed by atoms with van der Waals surface area (Å²) in [4.78, 5) is 25.5. The van der Waals surface area contributed by atoms with Crippen LogP contribution < -0.4 is 4.74 Å². The van der Waals surface area contributed by atoms with E-state index in [2.05, 4.69) is 11.8 Å². The van der Waals surface area contributed by atoms with Crippen LogP contribution in [0.15, 0.2) is 66.7 Å². The summed E-state index contributed by atoms with van der Waals surface area (Å²) >= 11 is 0. The zero-order valence-electron chi connectivity index (χ0n) is 16.1. The quantitative estimate of drug-likeness (QED) is 0.492. The van der Waals surface area contributed by atoms with Crippen molar-refractivity contribution in [3.05, 3.63) is 100 Å². The lowest BCUT2D eigenvalue weighted by Gasteiger charge is -2.08. The zero-order valence-corrected chi connectivity index (χ0v) is 16.1. The summed E-state index contributed by atoms with van der Waals surface area (Å²) < 4.78 is 5.23. The van der Waals surface area contributed by atoms with Crippen molar-refractivity contribution in [2.24, 2.45) is 0 Å². The Kier molecular flexibility index (Phi) is 5.72. The molecule has 0 aliphatic heterocycles. The van der Waals surface area contributed by atoms with Crippen LogP contribution in [-0.2, 0) is 0 Å². The number of rotatable bonds is 4. The van der Waals surface area contributed by atoms with E-state index in [1.54, 1.807) is 36.4 Å². The Balaban J connectivity index is 2.04. The van der Waals surface area contributed by atoms with Crippen molar-refractivity contribution in [2.75, 3.05) is 7.11 Å². The SMILES string of the molecule is COc1ccccc1C(=O)C#Cc1cc(C)c(C)cc1C(=O)c1ccccc1. The van der Waals surface area contributed by atoms with Crippen LogP contribution in [0.3, 0.4) is 0 Å². The molecule has 0 bridgehead atoms. The number of carbonyl (C=O) groups excluding carboxylic acids is 2. The number of carbonyl (C=O) groups is 2. The first-order valence-corrected chi connectivity index (χ1v) is 8.91. The molecule has 0 unspecified atom stereocenters. The van der Waals surface area contributed by atoms with Gasteiger partial charge >= 0.3 is 0 Å². The fourth-order valence-corrected chi connectivity index (χ4v) is 2.88. The van der Waals surface area contributed by atoms with Crippen LogP contribution in [-0.4, -0.2) is 18.7 Å². The summed E-state index contributed by atoms with van der Waals surface area (Å²) in [6.07, 6.45) is 0. The Morgan fingerprint density at radius 1 is 0.821 bits per heavy atom. The predicted octanol–water partition coefficient (Wildman–Crippen LogP) is 4.78. The molecule has 3 nitrogen and oxygen atoms in total.